The molecule has 0 bridgehead atoms. The lowest BCUT2D eigenvalue weighted by Gasteiger charge is -2.13. The minimum absolute atomic E-state index is 0.127. The molecule has 0 aliphatic carbocycles. The van der Waals surface area contributed by atoms with Crippen LogP contribution in [0.4, 0.5) is 0 Å². The smallest absolute Gasteiger partial charge is 0.303 e. The van der Waals surface area contributed by atoms with Crippen molar-refractivity contribution in [2.75, 3.05) is 13.2 Å². The van der Waals surface area contributed by atoms with Crippen molar-refractivity contribution in [3.8, 4) is 22.7 Å². The quantitative estimate of drug-likeness (QED) is 0.166. The lowest BCUT2D eigenvalue weighted by atomic mass is 10.1. The Kier molecular flexibility index (Phi) is 9.02. The highest BCUT2D eigenvalue weighted by atomic mass is 35.5. The Hall–Kier alpha value is -3.14. The third-order valence-electron chi connectivity index (χ3n) is 5.70. The number of thioether (sulfide) groups is 1. The summed E-state index contributed by atoms with van der Waals surface area (Å²) >= 11 is 13.2. The van der Waals surface area contributed by atoms with E-state index >= 15 is 0 Å². The summed E-state index contributed by atoms with van der Waals surface area (Å²) in [6, 6.07) is 15.2. The number of nitrogens with zero attached hydrogens (tertiary/aromatic N) is 3. The predicted octanol–water partition coefficient (Wildman–Crippen LogP) is 6.44. The van der Waals surface area contributed by atoms with Gasteiger partial charge in [0.25, 0.3) is 5.91 Å². The summed E-state index contributed by atoms with van der Waals surface area (Å²) in [7, 11) is 0. The first-order valence-corrected chi connectivity index (χ1v) is 13.5. The third-order valence-corrected chi connectivity index (χ3v) is 7.37. The summed E-state index contributed by atoms with van der Waals surface area (Å²) in [5.74, 6) is -0.369. The number of amides is 1. The normalized spacial score (nSPS) is 14.5. The first-order chi connectivity index (χ1) is 17.9. The number of unbranched alkanes of at least 4 members (excludes halogenated alkanes) is 2. The van der Waals surface area contributed by atoms with Crippen LogP contribution in [0.2, 0.25) is 5.02 Å². The second-order valence-corrected chi connectivity index (χ2v) is 10.4. The molecule has 0 atom stereocenters. The minimum Gasteiger partial charge on any atom is -0.492 e. The molecule has 0 spiro atoms. The molecule has 2 aromatic carbocycles. The van der Waals surface area contributed by atoms with Gasteiger partial charge in [-0.2, -0.15) is 5.10 Å². The average molecular weight is 556 g/mol. The van der Waals surface area contributed by atoms with E-state index in [2.05, 4.69) is 0 Å². The number of benzene rings is 2. The maximum atomic E-state index is 13.2. The number of ether oxygens (including phenoxy) is 1. The van der Waals surface area contributed by atoms with Gasteiger partial charge in [-0.25, -0.2) is 4.68 Å². The molecule has 37 heavy (non-hydrogen) atoms. The van der Waals surface area contributed by atoms with E-state index in [0.29, 0.717) is 51.7 Å². The van der Waals surface area contributed by atoms with Gasteiger partial charge in [-0.15, -0.1) is 0 Å². The molecular formula is C27H26ClN3O4S2. The van der Waals surface area contributed by atoms with Crippen molar-refractivity contribution in [3.63, 3.8) is 0 Å². The van der Waals surface area contributed by atoms with Crippen molar-refractivity contribution in [2.45, 2.75) is 32.6 Å². The fraction of sp³-hybridized carbons (Fsp3) is 0.259. The van der Waals surface area contributed by atoms with Crippen LogP contribution in [0.3, 0.4) is 0 Å². The fourth-order valence-corrected chi connectivity index (χ4v) is 5.44. The number of hydrogen-bond acceptors (Lipinski definition) is 6. The summed E-state index contributed by atoms with van der Waals surface area (Å²) in [5.41, 5.74) is 3.11. The Morgan fingerprint density at radius 1 is 1.19 bits per heavy atom. The number of halogens is 1. The summed E-state index contributed by atoms with van der Waals surface area (Å²) < 4.78 is 7.84. The molecule has 0 radical (unpaired) electrons. The molecule has 1 N–H and O–H groups in total. The molecule has 7 nitrogen and oxygen atoms in total. The number of thiocarbonyl (C=S) groups is 1. The lowest BCUT2D eigenvalue weighted by molar-refractivity contribution is -0.137. The van der Waals surface area contributed by atoms with Gasteiger partial charge in [0.15, 0.2) is 0 Å². The lowest BCUT2D eigenvalue weighted by Crippen LogP contribution is -2.29. The van der Waals surface area contributed by atoms with E-state index in [1.807, 2.05) is 67.7 Å². The van der Waals surface area contributed by atoms with Gasteiger partial charge in [0.2, 0.25) is 0 Å². The molecule has 1 amide bonds. The number of hydrogen-bond donors (Lipinski definition) is 1. The van der Waals surface area contributed by atoms with Crippen LogP contribution in [-0.2, 0) is 9.59 Å². The summed E-state index contributed by atoms with van der Waals surface area (Å²) in [6.45, 7) is 2.87. The second-order valence-electron chi connectivity index (χ2n) is 8.33. The van der Waals surface area contributed by atoms with E-state index in [9.17, 15) is 9.59 Å². The van der Waals surface area contributed by atoms with Gasteiger partial charge in [-0.1, -0.05) is 60.2 Å². The molecule has 192 valence electrons. The standard InChI is InChI=1S/C27H26ClN3O4S2/c1-2-35-22-13-12-18(15-21(22)28)25-19(17-31(29-25)20-9-5-3-6-10-20)16-23-26(34)30(27(36)37-23)14-8-4-7-11-24(32)33/h3,5-6,9-10,12-13,15-17H,2,4,7-8,11,14H2,1H3,(H,32,33). The van der Waals surface area contributed by atoms with Crippen LogP contribution < -0.4 is 4.74 Å². The number of aliphatic carboxylic acids is 1. The zero-order chi connectivity index (χ0) is 26.4. The minimum atomic E-state index is -0.811. The van der Waals surface area contributed by atoms with Crippen molar-refractivity contribution < 1.29 is 19.4 Å². The maximum Gasteiger partial charge on any atom is 0.303 e. The molecule has 0 unspecified atom stereocenters. The molecule has 1 aliphatic heterocycles. The maximum absolute atomic E-state index is 13.2. The molecule has 10 heteroatoms. The highest BCUT2D eigenvalue weighted by Crippen LogP contribution is 2.36. The van der Waals surface area contributed by atoms with Crippen LogP contribution in [0.1, 0.15) is 38.2 Å². The zero-order valence-electron chi connectivity index (χ0n) is 20.2. The van der Waals surface area contributed by atoms with E-state index in [4.69, 9.17) is 38.8 Å². The molecule has 1 fully saturated rings. The third kappa shape index (κ3) is 6.60. The van der Waals surface area contributed by atoms with Crippen molar-refractivity contribution >= 4 is 57.9 Å². The molecular weight excluding hydrogens is 530 g/mol. The Labute approximate surface area is 230 Å². The molecule has 1 saturated heterocycles. The number of carbonyl (C=O) groups excluding carboxylic acids is 1. The second kappa shape index (κ2) is 12.4. The van der Waals surface area contributed by atoms with Crippen LogP contribution in [-0.4, -0.2) is 49.1 Å². The van der Waals surface area contributed by atoms with Crippen LogP contribution in [0.25, 0.3) is 23.0 Å². The first-order valence-electron chi connectivity index (χ1n) is 11.9. The van der Waals surface area contributed by atoms with Gasteiger partial charge < -0.3 is 9.84 Å². The Bertz CT molecular complexity index is 1340. The summed E-state index contributed by atoms with van der Waals surface area (Å²) in [4.78, 5) is 26.0. The number of aromatic nitrogens is 2. The number of rotatable bonds is 11. The van der Waals surface area contributed by atoms with E-state index in [1.165, 1.54) is 11.8 Å². The van der Waals surface area contributed by atoms with E-state index in [1.54, 1.807) is 9.58 Å². The van der Waals surface area contributed by atoms with E-state index in [0.717, 1.165) is 23.2 Å². The van der Waals surface area contributed by atoms with Gasteiger partial charge in [-0.3, -0.25) is 14.5 Å². The highest BCUT2D eigenvalue weighted by Gasteiger charge is 2.32. The van der Waals surface area contributed by atoms with Crippen LogP contribution in [0, 0.1) is 0 Å². The Balaban J connectivity index is 1.62. The number of carbonyl (C=O) groups is 2. The molecule has 3 aromatic rings. The van der Waals surface area contributed by atoms with Gasteiger partial charge in [0.1, 0.15) is 15.8 Å². The van der Waals surface area contributed by atoms with Gasteiger partial charge in [0, 0.05) is 30.3 Å². The van der Waals surface area contributed by atoms with Crippen LogP contribution in [0.15, 0.2) is 59.6 Å². The van der Waals surface area contributed by atoms with Crippen molar-refractivity contribution in [2.24, 2.45) is 0 Å². The van der Waals surface area contributed by atoms with Crippen molar-refractivity contribution in [1.82, 2.24) is 14.7 Å². The van der Waals surface area contributed by atoms with Gasteiger partial charge >= 0.3 is 5.97 Å². The SMILES string of the molecule is CCOc1ccc(-c2nn(-c3ccccc3)cc2C=C2SC(=S)N(CCCCCC(=O)O)C2=O)cc1Cl. The number of carboxylic acids is 1. The number of para-hydroxylation sites is 1. The predicted molar refractivity (Wildman–Crippen MR) is 151 cm³/mol. The first kappa shape index (κ1) is 26.9. The zero-order valence-corrected chi connectivity index (χ0v) is 22.6. The Morgan fingerprint density at radius 2 is 1.97 bits per heavy atom. The van der Waals surface area contributed by atoms with E-state index in [-0.39, 0.29) is 12.3 Å². The van der Waals surface area contributed by atoms with Crippen molar-refractivity contribution in [1.29, 1.82) is 0 Å². The van der Waals surface area contributed by atoms with Gasteiger partial charge in [-0.05, 0) is 56.2 Å². The Morgan fingerprint density at radius 3 is 2.68 bits per heavy atom. The van der Waals surface area contributed by atoms with Gasteiger partial charge in [0.05, 0.1) is 22.2 Å². The summed E-state index contributed by atoms with van der Waals surface area (Å²) in [6.07, 6.45) is 5.81. The highest BCUT2D eigenvalue weighted by molar-refractivity contribution is 8.26. The molecule has 0 saturated carbocycles. The molecule has 4 rings (SSSR count). The van der Waals surface area contributed by atoms with Crippen LogP contribution in [0.5, 0.6) is 5.75 Å². The average Bonchev–Trinajstić information content (AvgIpc) is 3.41. The van der Waals surface area contributed by atoms with E-state index < -0.39 is 5.97 Å². The summed E-state index contributed by atoms with van der Waals surface area (Å²) in [5, 5.41) is 14.1. The number of carboxylic acid groups (broad SMARTS) is 1. The molecule has 1 aromatic heterocycles. The topological polar surface area (TPSA) is 84.7 Å². The van der Waals surface area contributed by atoms with Crippen LogP contribution >= 0.6 is 35.6 Å². The van der Waals surface area contributed by atoms with Crippen molar-refractivity contribution in [3.05, 3.63) is 70.2 Å². The molecule has 2 heterocycles. The monoisotopic (exact) mass is 555 g/mol. The molecule has 1 aliphatic rings. The largest absolute Gasteiger partial charge is 0.492 e. The fourth-order valence-electron chi connectivity index (χ4n) is 3.91.